The van der Waals surface area contributed by atoms with Crippen LogP contribution in [0.25, 0.3) is 0 Å². The Kier molecular flexibility index (Phi) is 6.16. The van der Waals surface area contributed by atoms with E-state index < -0.39 is 53.8 Å². The molecule has 0 bridgehead atoms. The van der Waals surface area contributed by atoms with Gasteiger partial charge in [-0.25, -0.2) is 43.5 Å². The maximum Gasteiger partial charge on any atom is 0.383 e. The molecule has 0 saturated heterocycles. The summed E-state index contributed by atoms with van der Waals surface area (Å²) in [6, 6.07) is 0. The van der Waals surface area contributed by atoms with E-state index in [1.165, 1.54) is 0 Å². The van der Waals surface area contributed by atoms with Crippen molar-refractivity contribution in [3.63, 3.8) is 0 Å². The van der Waals surface area contributed by atoms with Crippen molar-refractivity contribution >= 4 is 36.1 Å². The molecule has 1 rings (SSSR count). The van der Waals surface area contributed by atoms with Crippen molar-refractivity contribution in [3.8, 4) is 0 Å². The van der Waals surface area contributed by atoms with Gasteiger partial charge in [0.2, 0.25) is 0 Å². The molecule has 122 valence electrons. The van der Waals surface area contributed by atoms with Gasteiger partial charge < -0.3 is 9.90 Å². The van der Waals surface area contributed by atoms with Gasteiger partial charge in [0.1, 0.15) is 6.29 Å². The van der Waals surface area contributed by atoms with E-state index in [0.717, 1.165) is 0 Å². The summed E-state index contributed by atoms with van der Waals surface area (Å²) >= 11 is 0. The highest BCUT2D eigenvalue weighted by atomic mass is 17.2. The van der Waals surface area contributed by atoms with Gasteiger partial charge in [-0.2, -0.15) is 0 Å². The Morgan fingerprint density at radius 3 is 2.35 bits per heavy atom. The molecular weight excluding hydrogens is 320 g/mol. The van der Waals surface area contributed by atoms with Crippen LogP contribution in [0, 0.1) is 0 Å². The highest BCUT2D eigenvalue weighted by Gasteiger charge is 2.24. The summed E-state index contributed by atoms with van der Waals surface area (Å²) in [7, 11) is 0. The quantitative estimate of drug-likeness (QED) is 0.381. The number of aldehydes is 1. The second-order valence-corrected chi connectivity index (χ2v) is 3.82. The fraction of sp³-hybridized carbons (Fsp3) is 0.167. The van der Waals surface area contributed by atoms with Gasteiger partial charge in [-0.15, -0.1) is 0 Å². The molecule has 1 heterocycles. The van der Waals surface area contributed by atoms with E-state index in [1.54, 1.807) is 0 Å². The first-order valence-corrected chi connectivity index (χ1v) is 5.75. The van der Waals surface area contributed by atoms with Crippen LogP contribution >= 0.6 is 0 Å². The third-order valence-corrected chi connectivity index (χ3v) is 2.16. The average Bonchev–Trinajstić information content (AvgIpc) is 2.47. The zero-order valence-corrected chi connectivity index (χ0v) is 11.2. The van der Waals surface area contributed by atoms with Crippen LogP contribution in [0.4, 0.5) is 0 Å². The predicted octanol–water partition coefficient (Wildman–Crippen LogP) is -1.08. The summed E-state index contributed by atoms with van der Waals surface area (Å²) < 4.78 is 0. The third-order valence-electron chi connectivity index (χ3n) is 2.16. The SMILES string of the molecule is O=CC/C1=C/C(=O)OOC(=O)/C(=C\C(=O)O)CC(=O)OOC1=O. The molecule has 1 aliphatic heterocycles. The highest BCUT2D eigenvalue weighted by molar-refractivity contribution is 6.01. The van der Waals surface area contributed by atoms with E-state index in [-0.39, 0.29) is 6.29 Å². The molecule has 1 aliphatic rings. The highest BCUT2D eigenvalue weighted by Crippen LogP contribution is 2.11. The number of hydrogen-bond acceptors (Lipinski definition) is 10. The van der Waals surface area contributed by atoms with Crippen LogP contribution < -0.4 is 0 Å². The molecule has 0 aromatic carbocycles. The molecule has 0 saturated carbocycles. The van der Waals surface area contributed by atoms with E-state index in [0.29, 0.717) is 12.2 Å². The van der Waals surface area contributed by atoms with Gasteiger partial charge in [-0.05, 0) is 0 Å². The molecule has 0 atom stereocenters. The van der Waals surface area contributed by atoms with Crippen molar-refractivity contribution in [2.45, 2.75) is 12.8 Å². The molecule has 1 N–H and O–H groups in total. The maximum atomic E-state index is 11.5. The number of aliphatic carboxylic acids is 1. The van der Waals surface area contributed by atoms with E-state index >= 15 is 0 Å². The van der Waals surface area contributed by atoms with Crippen molar-refractivity contribution in [1.29, 1.82) is 0 Å². The molecule has 0 fully saturated rings. The van der Waals surface area contributed by atoms with Crippen LogP contribution in [-0.2, 0) is 48.3 Å². The molecule has 0 aromatic rings. The third kappa shape index (κ3) is 5.79. The van der Waals surface area contributed by atoms with Crippen LogP contribution in [0.2, 0.25) is 0 Å². The molecule has 0 aliphatic carbocycles. The predicted molar refractivity (Wildman–Crippen MR) is 63.5 cm³/mol. The Balaban J connectivity index is 3.08. The molecule has 0 aromatic heterocycles. The second kappa shape index (κ2) is 8.07. The largest absolute Gasteiger partial charge is 0.478 e. The van der Waals surface area contributed by atoms with E-state index in [9.17, 15) is 28.8 Å². The molecular formula is C12H8O11. The van der Waals surface area contributed by atoms with Gasteiger partial charge in [0.05, 0.1) is 17.6 Å². The standard InChI is InChI=1S/C12H8O11/c13-2-1-6-4-9(16)20-23-12(19)7(3-8(14)15)5-10(17)21-22-11(6)18/h2-4H,1,5H2,(H,14,15)/b6-4-,7-3-. The first-order valence-electron chi connectivity index (χ1n) is 5.75. The first kappa shape index (κ1) is 17.6. The van der Waals surface area contributed by atoms with Crippen LogP contribution in [0.15, 0.2) is 23.3 Å². The summed E-state index contributed by atoms with van der Waals surface area (Å²) in [6.07, 6.45) is -0.460. The molecule has 11 nitrogen and oxygen atoms in total. The lowest BCUT2D eigenvalue weighted by Crippen LogP contribution is -2.20. The topological polar surface area (TPSA) is 160 Å². The number of carbonyl (C=O) groups excluding carboxylic acids is 5. The Bertz CT molecular complexity index is 625. The van der Waals surface area contributed by atoms with Crippen molar-refractivity contribution in [2.24, 2.45) is 0 Å². The maximum absolute atomic E-state index is 11.5. The minimum atomic E-state index is -1.59. The molecule has 0 unspecified atom stereocenters. The Labute approximate surface area is 126 Å². The van der Waals surface area contributed by atoms with Gasteiger partial charge >= 0.3 is 29.8 Å². The Hall–Kier alpha value is -3.50. The fourth-order valence-electron chi connectivity index (χ4n) is 1.24. The van der Waals surface area contributed by atoms with Crippen LogP contribution in [0.5, 0.6) is 0 Å². The lowest BCUT2D eigenvalue weighted by Gasteiger charge is -2.08. The molecule has 11 heteroatoms. The lowest BCUT2D eigenvalue weighted by atomic mass is 10.2. The van der Waals surface area contributed by atoms with Crippen molar-refractivity contribution in [2.75, 3.05) is 0 Å². The zero-order valence-electron chi connectivity index (χ0n) is 11.2. The smallest absolute Gasteiger partial charge is 0.383 e. The van der Waals surface area contributed by atoms with E-state index in [4.69, 9.17) is 5.11 Å². The zero-order chi connectivity index (χ0) is 17.4. The molecule has 0 spiro atoms. The fourth-order valence-corrected chi connectivity index (χ4v) is 1.24. The number of carboxylic acid groups (broad SMARTS) is 1. The van der Waals surface area contributed by atoms with Gasteiger partial charge in [0, 0.05) is 18.6 Å². The van der Waals surface area contributed by atoms with Gasteiger partial charge in [0.15, 0.2) is 0 Å². The Morgan fingerprint density at radius 1 is 1.09 bits per heavy atom. The van der Waals surface area contributed by atoms with Crippen molar-refractivity contribution < 1.29 is 53.4 Å². The molecule has 23 heavy (non-hydrogen) atoms. The number of carbonyl (C=O) groups is 6. The Morgan fingerprint density at radius 2 is 1.74 bits per heavy atom. The molecule has 0 radical (unpaired) electrons. The minimum absolute atomic E-state index is 0.258. The first-order chi connectivity index (χ1) is 10.8. The van der Waals surface area contributed by atoms with E-state index in [1.807, 2.05) is 0 Å². The lowest BCUT2D eigenvalue weighted by molar-refractivity contribution is -0.258. The minimum Gasteiger partial charge on any atom is -0.478 e. The van der Waals surface area contributed by atoms with Crippen LogP contribution in [-0.4, -0.2) is 41.2 Å². The normalized spacial score (nSPS) is 20.7. The van der Waals surface area contributed by atoms with Crippen molar-refractivity contribution in [1.82, 2.24) is 0 Å². The summed E-state index contributed by atoms with van der Waals surface area (Å²) in [4.78, 5) is 82.8. The summed E-state index contributed by atoms with van der Waals surface area (Å²) in [6.45, 7) is 0. The second-order valence-electron chi connectivity index (χ2n) is 3.82. The van der Waals surface area contributed by atoms with Crippen LogP contribution in [0.1, 0.15) is 12.8 Å². The van der Waals surface area contributed by atoms with Gasteiger partial charge in [-0.1, -0.05) is 0 Å². The number of rotatable bonds is 3. The molecule has 0 amide bonds. The average molecular weight is 328 g/mol. The monoisotopic (exact) mass is 328 g/mol. The summed E-state index contributed by atoms with van der Waals surface area (Å²) in [5, 5.41) is 8.57. The number of hydrogen-bond donors (Lipinski definition) is 1. The van der Waals surface area contributed by atoms with Gasteiger partial charge in [0.25, 0.3) is 0 Å². The van der Waals surface area contributed by atoms with E-state index in [2.05, 4.69) is 19.6 Å². The van der Waals surface area contributed by atoms with Gasteiger partial charge in [-0.3, -0.25) is 0 Å². The van der Waals surface area contributed by atoms with Crippen LogP contribution in [0.3, 0.4) is 0 Å². The summed E-state index contributed by atoms with van der Waals surface area (Å²) in [5.41, 5.74) is -1.26. The summed E-state index contributed by atoms with van der Waals surface area (Å²) in [5.74, 6) is -7.03. The van der Waals surface area contributed by atoms with Crippen molar-refractivity contribution in [3.05, 3.63) is 23.3 Å². The number of carboxylic acids is 1.